The lowest BCUT2D eigenvalue weighted by Crippen LogP contribution is -1.86. The molecule has 0 amide bonds. The molecule has 0 spiro atoms. The Morgan fingerprint density at radius 3 is 1.62 bits per heavy atom. The average molecular weight is 180 g/mol. The first kappa shape index (κ1) is 11.0. The molecule has 0 unspecified atom stereocenters. The molecule has 0 aromatic heterocycles. The Morgan fingerprint density at radius 1 is 1.23 bits per heavy atom. The summed E-state index contributed by atoms with van der Waals surface area (Å²) in [5.74, 6) is -0.981. The molecule has 0 heterocycles. The molecule has 1 aromatic carbocycles. The molecule has 0 aliphatic carbocycles. The van der Waals surface area contributed by atoms with Gasteiger partial charge >= 0.3 is 5.97 Å². The molecule has 4 heteroatoms. The van der Waals surface area contributed by atoms with E-state index in [1.54, 1.807) is 24.3 Å². The molecule has 0 aliphatic heterocycles. The van der Waals surface area contributed by atoms with Crippen molar-refractivity contribution in [1.29, 1.82) is 0 Å². The number of nitrogen functional groups attached to an aromatic ring is 2. The average Bonchev–Trinajstić information content (AvgIpc) is 2.11. The number of benzene rings is 1. The minimum absolute atomic E-state index is 0.749. The van der Waals surface area contributed by atoms with E-state index in [9.17, 15) is 4.79 Å². The van der Waals surface area contributed by atoms with Crippen LogP contribution in [0.2, 0.25) is 0 Å². The van der Waals surface area contributed by atoms with Crippen molar-refractivity contribution in [3.63, 3.8) is 0 Å². The fourth-order valence-electron chi connectivity index (χ4n) is 0.496. The Morgan fingerprint density at radius 2 is 1.46 bits per heavy atom. The van der Waals surface area contributed by atoms with E-state index in [2.05, 4.69) is 6.58 Å². The number of aliphatic carboxylic acids is 1. The van der Waals surface area contributed by atoms with E-state index in [4.69, 9.17) is 16.6 Å². The summed E-state index contributed by atoms with van der Waals surface area (Å²) in [5.41, 5.74) is 12.2. The largest absolute Gasteiger partial charge is 0.478 e. The van der Waals surface area contributed by atoms with E-state index in [1.807, 2.05) is 0 Å². The van der Waals surface area contributed by atoms with Gasteiger partial charge in [0.05, 0.1) is 0 Å². The van der Waals surface area contributed by atoms with Crippen LogP contribution in [0, 0.1) is 0 Å². The molecule has 0 radical (unpaired) electrons. The first-order valence-electron chi connectivity index (χ1n) is 3.52. The second-order valence-electron chi connectivity index (χ2n) is 2.21. The van der Waals surface area contributed by atoms with E-state index in [-0.39, 0.29) is 0 Å². The number of carboxylic acids is 1. The maximum Gasteiger partial charge on any atom is 0.327 e. The van der Waals surface area contributed by atoms with E-state index < -0.39 is 5.97 Å². The highest BCUT2D eigenvalue weighted by atomic mass is 16.4. The SMILES string of the molecule is C=CC(=O)O.Nc1ccc(N)cc1. The van der Waals surface area contributed by atoms with Gasteiger partial charge in [-0.05, 0) is 24.3 Å². The van der Waals surface area contributed by atoms with Gasteiger partial charge in [-0.3, -0.25) is 0 Å². The number of carbonyl (C=O) groups is 1. The Hall–Kier alpha value is -1.97. The van der Waals surface area contributed by atoms with Crippen molar-refractivity contribution >= 4 is 17.3 Å². The second kappa shape index (κ2) is 5.65. The summed E-state index contributed by atoms with van der Waals surface area (Å²) in [7, 11) is 0. The van der Waals surface area contributed by atoms with Crippen LogP contribution in [-0.4, -0.2) is 11.1 Å². The molecule has 0 bridgehead atoms. The van der Waals surface area contributed by atoms with Crippen LogP contribution in [-0.2, 0) is 4.79 Å². The predicted octanol–water partition coefficient (Wildman–Crippen LogP) is 1.11. The van der Waals surface area contributed by atoms with Crippen molar-refractivity contribution in [2.24, 2.45) is 0 Å². The Kier molecular flexibility index (Phi) is 4.79. The molecule has 13 heavy (non-hydrogen) atoms. The van der Waals surface area contributed by atoms with E-state index in [0.29, 0.717) is 0 Å². The summed E-state index contributed by atoms with van der Waals surface area (Å²) in [4.78, 5) is 9.25. The van der Waals surface area contributed by atoms with E-state index in [1.165, 1.54) is 0 Å². The van der Waals surface area contributed by atoms with Crippen molar-refractivity contribution in [2.45, 2.75) is 0 Å². The van der Waals surface area contributed by atoms with Gasteiger partial charge < -0.3 is 16.6 Å². The lowest BCUT2D eigenvalue weighted by atomic mass is 10.3. The van der Waals surface area contributed by atoms with E-state index in [0.717, 1.165) is 17.5 Å². The molecule has 1 aromatic rings. The Labute approximate surface area is 76.5 Å². The minimum Gasteiger partial charge on any atom is -0.478 e. The molecule has 5 N–H and O–H groups in total. The van der Waals surface area contributed by atoms with Gasteiger partial charge in [-0.25, -0.2) is 4.79 Å². The lowest BCUT2D eigenvalue weighted by molar-refractivity contribution is -0.131. The fourth-order valence-corrected chi connectivity index (χ4v) is 0.496. The molecule has 0 atom stereocenters. The lowest BCUT2D eigenvalue weighted by Gasteiger charge is -1.90. The van der Waals surface area contributed by atoms with Gasteiger partial charge in [-0.1, -0.05) is 6.58 Å². The van der Waals surface area contributed by atoms with Crippen LogP contribution < -0.4 is 11.5 Å². The van der Waals surface area contributed by atoms with Gasteiger partial charge in [0.1, 0.15) is 0 Å². The number of rotatable bonds is 1. The van der Waals surface area contributed by atoms with Gasteiger partial charge in [-0.2, -0.15) is 0 Å². The summed E-state index contributed by atoms with van der Waals surface area (Å²) in [6, 6.07) is 7.09. The van der Waals surface area contributed by atoms with Crippen molar-refractivity contribution in [2.75, 3.05) is 11.5 Å². The van der Waals surface area contributed by atoms with Gasteiger partial charge in [0.2, 0.25) is 0 Å². The van der Waals surface area contributed by atoms with Crippen molar-refractivity contribution in [3.8, 4) is 0 Å². The third kappa shape index (κ3) is 6.43. The smallest absolute Gasteiger partial charge is 0.327 e. The monoisotopic (exact) mass is 180 g/mol. The standard InChI is InChI=1S/C6H8N2.C3H4O2/c7-5-1-2-6(8)4-3-5;1-2-3(4)5/h1-4H,7-8H2;2H,1H2,(H,4,5). The molecule has 0 aliphatic rings. The molecule has 70 valence electrons. The quantitative estimate of drug-likeness (QED) is 0.446. The fraction of sp³-hybridized carbons (Fsp3) is 0. The number of hydrogen-bond acceptors (Lipinski definition) is 3. The molecule has 4 nitrogen and oxygen atoms in total. The topological polar surface area (TPSA) is 89.3 Å². The maximum atomic E-state index is 9.25. The third-order valence-corrected chi connectivity index (χ3v) is 1.11. The van der Waals surface area contributed by atoms with Gasteiger partial charge in [0, 0.05) is 17.5 Å². The molecule has 0 fully saturated rings. The third-order valence-electron chi connectivity index (χ3n) is 1.11. The van der Waals surface area contributed by atoms with Crippen LogP contribution in [0.3, 0.4) is 0 Å². The van der Waals surface area contributed by atoms with Crippen molar-refractivity contribution in [1.82, 2.24) is 0 Å². The maximum absolute atomic E-state index is 9.25. The normalized spacial score (nSPS) is 8.00. The van der Waals surface area contributed by atoms with Crippen LogP contribution in [0.1, 0.15) is 0 Å². The molecule has 0 saturated carbocycles. The Bertz CT molecular complexity index is 259. The van der Waals surface area contributed by atoms with Crippen molar-refractivity contribution < 1.29 is 9.90 Å². The number of carboxylic acid groups (broad SMARTS) is 1. The summed E-state index contributed by atoms with van der Waals surface area (Å²) >= 11 is 0. The molecular formula is C9H12N2O2. The van der Waals surface area contributed by atoms with Crippen molar-refractivity contribution in [3.05, 3.63) is 36.9 Å². The number of hydrogen-bond donors (Lipinski definition) is 3. The van der Waals surface area contributed by atoms with Gasteiger partial charge in [0.15, 0.2) is 0 Å². The first-order chi connectivity index (χ1) is 6.06. The zero-order chi connectivity index (χ0) is 10.3. The summed E-state index contributed by atoms with van der Waals surface area (Å²) in [6.45, 7) is 2.96. The van der Waals surface area contributed by atoms with E-state index >= 15 is 0 Å². The highest BCUT2D eigenvalue weighted by molar-refractivity contribution is 5.78. The highest BCUT2D eigenvalue weighted by Gasteiger charge is 1.80. The summed E-state index contributed by atoms with van der Waals surface area (Å²) in [5, 5.41) is 7.60. The highest BCUT2D eigenvalue weighted by Crippen LogP contribution is 2.04. The zero-order valence-corrected chi connectivity index (χ0v) is 7.10. The molecule has 1 rings (SSSR count). The first-order valence-corrected chi connectivity index (χ1v) is 3.52. The van der Waals surface area contributed by atoms with Gasteiger partial charge in [0.25, 0.3) is 0 Å². The second-order valence-corrected chi connectivity index (χ2v) is 2.21. The van der Waals surface area contributed by atoms with Crippen LogP contribution in [0.25, 0.3) is 0 Å². The van der Waals surface area contributed by atoms with Crippen LogP contribution in [0.4, 0.5) is 11.4 Å². The number of anilines is 2. The summed E-state index contributed by atoms with van der Waals surface area (Å²) < 4.78 is 0. The predicted molar refractivity (Wildman–Crippen MR) is 53.1 cm³/mol. The molecule has 0 saturated heterocycles. The number of nitrogens with two attached hydrogens (primary N) is 2. The van der Waals surface area contributed by atoms with Gasteiger partial charge in [-0.15, -0.1) is 0 Å². The zero-order valence-electron chi connectivity index (χ0n) is 7.10. The van der Waals surface area contributed by atoms with Crippen LogP contribution in [0.5, 0.6) is 0 Å². The van der Waals surface area contributed by atoms with Crippen LogP contribution >= 0.6 is 0 Å². The molecular weight excluding hydrogens is 168 g/mol. The van der Waals surface area contributed by atoms with Crippen LogP contribution in [0.15, 0.2) is 36.9 Å². The minimum atomic E-state index is -0.981. The summed E-state index contributed by atoms with van der Waals surface area (Å²) in [6.07, 6.45) is 0.833. The Balaban J connectivity index is 0.000000252.